The van der Waals surface area contributed by atoms with Gasteiger partial charge in [0.25, 0.3) is 0 Å². The summed E-state index contributed by atoms with van der Waals surface area (Å²) in [6, 6.07) is 5.79. The number of nitrogens with one attached hydrogen (secondary N) is 1. The van der Waals surface area contributed by atoms with Gasteiger partial charge in [-0.2, -0.15) is 0 Å². The van der Waals surface area contributed by atoms with Gasteiger partial charge in [0.1, 0.15) is 17.5 Å². The van der Waals surface area contributed by atoms with Gasteiger partial charge in [0.15, 0.2) is 0 Å². The Morgan fingerprint density at radius 3 is 2.62 bits per heavy atom. The van der Waals surface area contributed by atoms with Gasteiger partial charge in [-0.05, 0) is 43.1 Å². The zero-order valence-electron chi connectivity index (χ0n) is 11.7. The average Bonchev–Trinajstić information content (AvgIpc) is 2.46. The highest BCUT2D eigenvalue weighted by atomic mass is 19.1. The molecule has 0 radical (unpaired) electrons. The summed E-state index contributed by atoms with van der Waals surface area (Å²) in [4.78, 5) is 4.04. The van der Waals surface area contributed by atoms with Crippen molar-refractivity contribution < 1.29 is 13.2 Å². The number of hydrogen-bond acceptors (Lipinski definition) is 2. The van der Waals surface area contributed by atoms with E-state index in [2.05, 4.69) is 10.3 Å². The van der Waals surface area contributed by atoms with Crippen LogP contribution in [0.25, 0.3) is 0 Å². The first kappa shape index (κ1) is 15.5. The van der Waals surface area contributed by atoms with E-state index in [-0.39, 0.29) is 12.1 Å². The fourth-order valence-electron chi connectivity index (χ4n) is 2.15. The predicted octanol–water partition coefficient (Wildman–Crippen LogP) is 3.78. The molecule has 0 fully saturated rings. The Morgan fingerprint density at radius 1 is 1.14 bits per heavy atom. The van der Waals surface area contributed by atoms with Crippen LogP contribution in [0, 0.1) is 17.5 Å². The van der Waals surface area contributed by atoms with Crippen molar-refractivity contribution in [2.45, 2.75) is 25.8 Å². The van der Waals surface area contributed by atoms with Gasteiger partial charge >= 0.3 is 0 Å². The molecule has 0 bridgehead atoms. The number of aromatic nitrogens is 1. The highest BCUT2D eigenvalue weighted by molar-refractivity contribution is 5.22. The van der Waals surface area contributed by atoms with Crippen LogP contribution in [-0.2, 0) is 6.42 Å². The fourth-order valence-corrected chi connectivity index (χ4v) is 2.15. The van der Waals surface area contributed by atoms with Crippen molar-refractivity contribution in [3.63, 3.8) is 0 Å². The quantitative estimate of drug-likeness (QED) is 0.877. The van der Waals surface area contributed by atoms with Crippen LogP contribution >= 0.6 is 0 Å². The van der Waals surface area contributed by atoms with Gasteiger partial charge in [0.2, 0.25) is 0 Å². The summed E-state index contributed by atoms with van der Waals surface area (Å²) in [7, 11) is 0. The third-order valence-corrected chi connectivity index (χ3v) is 3.20. The van der Waals surface area contributed by atoms with Gasteiger partial charge in [-0.25, -0.2) is 13.2 Å². The molecule has 0 amide bonds. The molecule has 2 aromatic rings. The molecule has 5 heteroatoms. The molecule has 0 aliphatic rings. The Hall–Kier alpha value is -1.88. The first-order valence-electron chi connectivity index (χ1n) is 6.89. The minimum atomic E-state index is -0.630. The lowest BCUT2D eigenvalue weighted by Gasteiger charge is -2.19. The maximum absolute atomic E-state index is 13.9. The number of pyridine rings is 1. The fraction of sp³-hybridized carbons (Fsp3) is 0.312. The van der Waals surface area contributed by atoms with Crippen molar-refractivity contribution in [2.24, 2.45) is 0 Å². The van der Waals surface area contributed by atoms with Gasteiger partial charge < -0.3 is 5.32 Å². The first-order chi connectivity index (χ1) is 10.1. The van der Waals surface area contributed by atoms with Crippen molar-refractivity contribution in [3.05, 3.63) is 65.2 Å². The Labute approximate surface area is 122 Å². The smallest absolute Gasteiger partial charge is 0.146 e. The lowest BCUT2D eigenvalue weighted by atomic mass is 10.0. The summed E-state index contributed by atoms with van der Waals surface area (Å²) in [5, 5.41) is 3.15. The molecule has 0 aliphatic heterocycles. The van der Waals surface area contributed by atoms with Crippen LogP contribution in [0.5, 0.6) is 0 Å². The topological polar surface area (TPSA) is 24.9 Å². The number of halogens is 3. The zero-order chi connectivity index (χ0) is 15.2. The number of hydrogen-bond donors (Lipinski definition) is 1. The summed E-state index contributed by atoms with van der Waals surface area (Å²) in [5.41, 5.74) is 0.574. The van der Waals surface area contributed by atoms with Crippen LogP contribution in [-0.4, -0.2) is 11.5 Å². The van der Waals surface area contributed by atoms with E-state index in [0.29, 0.717) is 12.1 Å². The highest BCUT2D eigenvalue weighted by Crippen LogP contribution is 2.21. The third kappa shape index (κ3) is 4.04. The van der Waals surface area contributed by atoms with Gasteiger partial charge in [0, 0.05) is 12.3 Å². The van der Waals surface area contributed by atoms with Crippen LogP contribution in [0.1, 0.15) is 30.6 Å². The molecule has 0 saturated heterocycles. The molecule has 21 heavy (non-hydrogen) atoms. The molecule has 1 atom stereocenters. The van der Waals surface area contributed by atoms with Crippen molar-refractivity contribution >= 4 is 0 Å². The molecule has 1 N–H and O–H groups in total. The van der Waals surface area contributed by atoms with Gasteiger partial charge in [0.05, 0.1) is 11.7 Å². The molecule has 1 aromatic heterocycles. The van der Waals surface area contributed by atoms with E-state index in [4.69, 9.17) is 0 Å². The normalized spacial score (nSPS) is 12.4. The first-order valence-corrected chi connectivity index (χ1v) is 6.89. The van der Waals surface area contributed by atoms with Crippen LogP contribution in [0.2, 0.25) is 0 Å². The maximum Gasteiger partial charge on any atom is 0.146 e. The molecule has 1 unspecified atom stereocenters. The van der Waals surface area contributed by atoms with Crippen LogP contribution in [0.4, 0.5) is 13.2 Å². The molecule has 1 heterocycles. The average molecular weight is 294 g/mol. The molecule has 0 aliphatic carbocycles. The lowest BCUT2D eigenvalue weighted by molar-refractivity contribution is 0.472. The molecule has 1 aromatic carbocycles. The third-order valence-electron chi connectivity index (χ3n) is 3.20. The number of rotatable bonds is 6. The second-order valence-electron chi connectivity index (χ2n) is 4.82. The van der Waals surface area contributed by atoms with E-state index in [1.54, 1.807) is 0 Å². The predicted molar refractivity (Wildman–Crippen MR) is 75.3 cm³/mol. The Bertz CT molecular complexity index is 602. The highest BCUT2D eigenvalue weighted by Gasteiger charge is 2.18. The van der Waals surface area contributed by atoms with E-state index in [9.17, 15) is 13.2 Å². The molecular formula is C16H17F3N2. The van der Waals surface area contributed by atoms with Crippen LogP contribution in [0.15, 0.2) is 36.5 Å². The molecule has 2 nitrogen and oxygen atoms in total. The minimum Gasteiger partial charge on any atom is -0.308 e. The second kappa shape index (κ2) is 7.22. The van der Waals surface area contributed by atoms with E-state index in [0.717, 1.165) is 12.5 Å². The van der Waals surface area contributed by atoms with Crippen molar-refractivity contribution in [2.75, 3.05) is 6.54 Å². The van der Waals surface area contributed by atoms with Crippen molar-refractivity contribution in [1.82, 2.24) is 10.3 Å². The van der Waals surface area contributed by atoms with Gasteiger partial charge in [-0.15, -0.1) is 0 Å². The molecule has 2 rings (SSSR count). The van der Waals surface area contributed by atoms with Gasteiger partial charge in [-0.3, -0.25) is 4.98 Å². The largest absolute Gasteiger partial charge is 0.308 e. The summed E-state index contributed by atoms with van der Waals surface area (Å²) in [5.74, 6) is -1.69. The number of nitrogens with zero attached hydrogens (tertiary/aromatic N) is 1. The standard InChI is InChI=1S/C16H17F3N2/c1-2-7-20-15(16-13(18)4-3-8-21-16)9-11-5-6-12(17)10-14(11)19/h3-6,8,10,15,20H,2,7,9H2,1H3. The summed E-state index contributed by atoms with van der Waals surface area (Å²) >= 11 is 0. The van der Waals surface area contributed by atoms with Crippen LogP contribution in [0.3, 0.4) is 0 Å². The van der Waals surface area contributed by atoms with Crippen molar-refractivity contribution in [1.29, 1.82) is 0 Å². The zero-order valence-corrected chi connectivity index (χ0v) is 11.7. The Kier molecular flexibility index (Phi) is 5.33. The van der Waals surface area contributed by atoms with Crippen molar-refractivity contribution in [3.8, 4) is 0 Å². The Morgan fingerprint density at radius 2 is 1.95 bits per heavy atom. The monoisotopic (exact) mass is 294 g/mol. The van der Waals surface area contributed by atoms with E-state index in [1.807, 2.05) is 6.92 Å². The number of benzene rings is 1. The lowest BCUT2D eigenvalue weighted by Crippen LogP contribution is -2.26. The van der Waals surface area contributed by atoms with E-state index < -0.39 is 23.5 Å². The Balaban J connectivity index is 2.26. The summed E-state index contributed by atoms with van der Waals surface area (Å²) in [6.07, 6.45) is 2.57. The molecule has 0 saturated carbocycles. The molecule has 0 spiro atoms. The van der Waals surface area contributed by atoms with E-state index in [1.165, 1.54) is 30.5 Å². The maximum atomic E-state index is 13.9. The van der Waals surface area contributed by atoms with Gasteiger partial charge in [-0.1, -0.05) is 13.0 Å². The summed E-state index contributed by atoms with van der Waals surface area (Å²) in [6.45, 7) is 2.64. The molecular weight excluding hydrogens is 277 g/mol. The van der Waals surface area contributed by atoms with E-state index >= 15 is 0 Å². The van der Waals surface area contributed by atoms with Crippen LogP contribution < -0.4 is 5.32 Å². The second-order valence-corrected chi connectivity index (χ2v) is 4.82. The minimum absolute atomic E-state index is 0.208. The summed E-state index contributed by atoms with van der Waals surface area (Å²) < 4.78 is 40.6. The molecule has 112 valence electrons. The SMILES string of the molecule is CCCNC(Cc1ccc(F)cc1F)c1ncccc1F.